The number of para-hydroxylation sites is 1. The lowest BCUT2D eigenvalue weighted by atomic mass is 9.95. The normalized spacial score (nSPS) is 14.9. The molecule has 0 aliphatic carbocycles. The zero-order chi connectivity index (χ0) is 18.5. The highest BCUT2D eigenvalue weighted by molar-refractivity contribution is 7.13. The molecule has 0 radical (unpaired) electrons. The molecule has 1 N–H and O–H groups in total. The molecule has 138 valence electrons. The topological polar surface area (TPSA) is 71.5 Å². The van der Waals surface area contributed by atoms with Crippen molar-refractivity contribution in [2.75, 3.05) is 25.5 Å². The van der Waals surface area contributed by atoms with Crippen molar-refractivity contribution in [3.8, 4) is 5.75 Å². The van der Waals surface area contributed by atoms with Crippen LogP contribution in [0.25, 0.3) is 0 Å². The lowest BCUT2D eigenvalue weighted by Gasteiger charge is -2.31. The summed E-state index contributed by atoms with van der Waals surface area (Å²) in [4.78, 5) is 31.0. The largest absolute Gasteiger partial charge is 0.496 e. The van der Waals surface area contributed by atoms with Crippen LogP contribution in [-0.2, 0) is 16.0 Å². The molecule has 1 aromatic heterocycles. The third-order valence-electron chi connectivity index (χ3n) is 4.60. The first kappa shape index (κ1) is 18.4. The highest BCUT2D eigenvalue weighted by Crippen LogP contribution is 2.23. The second-order valence-electron chi connectivity index (χ2n) is 6.43. The molecule has 0 saturated carbocycles. The summed E-state index contributed by atoms with van der Waals surface area (Å²) in [5.41, 5.74) is 1.79. The number of likely N-dealkylation sites (tertiary alicyclic amines) is 1. The molecule has 1 aliphatic heterocycles. The Bertz CT molecular complexity index is 782. The molecule has 3 rings (SSSR count). The number of hydrogen-bond donors (Lipinski definition) is 1. The zero-order valence-corrected chi connectivity index (χ0v) is 15.8. The number of benzene rings is 1. The minimum Gasteiger partial charge on any atom is -0.496 e. The number of rotatable bonds is 5. The zero-order valence-electron chi connectivity index (χ0n) is 15.0. The van der Waals surface area contributed by atoms with E-state index in [1.165, 1.54) is 11.3 Å². The fourth-order valence-corrected chi connectivity index (χ4v) is 3.82. The molecule has 26 heavy (non-hydrogen) atoms. The molecule has 0 atom stereocenters. The van der Waals surface area contributed by atoms with E-state index in [0.29, 0.717) is 37.5 Å². The number of piperidine rings is 1. The van der Waals surface area contributed by atoms with Crippen molar-refractivity contribution < 1.29 is 14.3 Å². The van der Waals surface area contributed by atoms with Gasteiger partial charge < -0.3 is 15.0 Å². The van der Waals surface area contributed by atoms with E-state index in [2.05, 4.69) is 10.3 Å². The number of methoxy groups -OCH3 is 1. The summed E-state index contributed by atoms with van der Waals surface area (Å²) in [5.74, 6) is 0.725. The van der Waals surface area contributed by atoms with Gasteiger partial charge in [0.25, 0.3) is 0 Å². The molecule has 2 amide bonds. The number of amides is 2. The maximum absolute atomic E-state index is 12.6. The van der Waals surface area contributed by atoms with Crippen molar-refractivity contribution in [3.05, 3.63) is 40.9 Å². The molecule has 6 nitrogen and oxygen atoms in total. The highest BCUT2D eigenvalue weighted by Gasteiger charge is 2.28. The summed E-state index contributed by atoms with van der Waals surface area (Å²) in [6.45, 7) is 3.10. The third-order valence-corrected chi connectivity index (χ3v) is 5.48. The van der Waals surface area contributed by atoms with E-state index in [1.807, 2.05) is 41.5 Å². The molecule has 0 bridgehead atoms. The van der Waals surface area contributed by atoms with Crippen molar-refractivity contribution in [1.29, 1.82) is 0 Å². The van der Waals surface area contributed by atoms with Crippen molar-refractivity contribution in [2.45, 2.75) is 26.2 Å². The van der Waals surface area contributed by atoms with Gasteiger partial charge >= 0.3 is 0 Å². The van der Waals surface area contributed by atoms with Gasteiger partial charge in [-0.1, -0.05) is 18.2 Å². The Morgan fingerprint density at radius 2 is 2.04 bits per heavy atom. The Morgan fingerprint density at radius 3 is 2.69 bits per heavy atom. The van der Waals surface area contributed by atoms with Crippen LogP contribution in [-0.4, -0.2) is 41.9 Å². The quantitative estimate of drug-likeness (QED) is 0.875. The number of anilines is 1. The monoisotopic (exact) mass is 373 g/mol. The van der Waals surface area contributed by atoms with Crippen molar-refractivity contribution in [3.63, 3.8) is 0 Å². The van der Waals surface area contributed by atoms with Gasteiger partial charge in [-0.2, -0.15) is 0 Å². The minimum atomic E-state index is -0.0745. The molecule has 0 unspecified atom stereocenters. The first-order chi connectivity index (χ1) is 12.6. The van der Waals surface area contributed by atoms with E-state index < -0.39 is 0 Å². The second-order valence-corrected chi connectivity index (χ2v) is 7.29. The summed E-state index contributed by atoms with van der Waals surface area (Å²) in [7, 11) is 1.61. The van der Waals surface area contributed by atoms with Crippen LogP contribution in [0.4, 0.5) is 5.13 Å². The Morgan fingerprint density at radius 1 is 1.31 bits per heavy atom. The van der Waals surface area contributed by atoms with Gasteiger partial charge in [-0.25, -0.2) is 4.98 Å². The number of aromatic nitrogens is 1. The molecule has 1 aromatic carbocycles. The maximum atomic E-state index is 12.6. The van der Waals surface area contributed by atoms with Gasteiger partial charge in [0.15, 0.2) is 5.13 Å². The van der Waals surface area contributed by atoms with E-state index in [4.69, 9.17) is 4.74 Å². The molecule has 1 fully saturated rings. The fraction of sp³-hybridized carbons (Fsp3) is 0.421. The smallest absolute Gasteiger partial charge is 0.229 e. The fourth-order valence-electron chi connectivity index (χ4n) is 3.13. The van der Waals surface area contributed by atoms with Crippen LogP contribution in [0.2, 0.25) is 0 Å². The maximum Gasteiger partial charge on any atom is 0.229 e. The van der Waals surface area contributed by atoms with Crippen molar-refractivity contribution in [1.82, 2.24) is 9.88 Å². The molecular formula is C19H23N3O3S. The molecule has 0 spiro atoms. The summed E-state index contributed by atoms with van der Waals surface area (Å²) in [5, 5.41) is 5.43. The number of nitrogens with zero attached hydrogens (tertiary/aromatic N) is 2. The number of hydrogen-bond acceptors (Lipinski definition) is 5. The predicted octanol–water partition coefficient (Wildman–Crippen LogP) is 2.88. The van der Waals surface area contributed by atoms with Crippen LogP contribution in [0.3, 0.4) is 0 Å². The highest BCUT2D eigenvalue weighted by atomic mass is 32.1. The summed E-state index contributed by atoms with van der Waals surface area (Å²) in [6.07, 6.45) is 1.67. The van der Waals surface area contributed by atoms with Crippen LogP contribution in [0, 0.1) is 12.8 Å². The van der Waals surface area contributed by atoms with Crippen molar-refractivity contribution in [2.24, 2.45) is 5.92 Å². The van der Waals surface area contributed by atoms with Gasteiger partial charge in [0.1, 0.15) is 5.75 Å². The summed E-state index contributed by atoms with van der Waals surface area (Å²) >= 11 is 1.43. The van der Waals surface area contributed by atoms with Gasteiger partial charge in [0.05, 0.1) is 19.2 Å². The van der Waals surface area contributed by atoms with Gasteiger partial charge in [0, 0.05) is 30.0 Å². The Labute approximate surface area is 157 Å². The first-order valence-corrected chi connectivity index (χ1v) is 9.57. The van der Waals surface area contributed by atoms with Gasteiger partial charge in [-0.3, -0.25) is 9.59 Å². The van der Waals surface area contributed by atoms with Gasteiger partial charge in [0.2, 0.25) is 11.8 Å². The summed E-state index contributed by atoms with van der Waals surface area (Å²) < 4.78 is 5.31. The van der Waals surface area contributed by atoms with Gasteiger partial charge in [-0.05, 0) is 25.8 Å². The first-order valence-electron chi connectivity index (χ1n) is 8.69. The van der Waals surface area contributed by atoms with Crippen LogP contribution >= 0.6 is 11.3 Å². The minimum absolute atomic E-state index is 0.00354. The number of carbonyl (C=O) groups is 2. The average molecular weight is 373 g/mol. The molecule has 2 aromatic rings. The molecule has 1 aliphatic rings. The van der Waals surface area contributed by atoms with E-state index >= 15 is 0 Å². The third kappa shape index (κ3) is 4.40. The van der Waals surface area contributed by atoms with Gasteiger partial charge in [-0.15, -0.1) is 11.3 Å². The Balaban J connectivity index is 1.51. The van der Waals surface area contributed by atoms with Crippen molar-refractivity contribution >= 4 is 28.3 Å². The number of ether oxygens (including phenoxy) is 1. The summed E-state index contributed by atoms with van der Waals surface area (Å²) in [6, 6.07) is 7.56. The Hall–Kier alpha value is -2.41. The molecular weight excluding hydrogens is 350 g/mol. The average Bonchev–Trinajstić information content (AvgIpc) is 3.07. The standard InChI is InChI=1S/C19H23N3O3S/c1-13-12-26-19(20-13)21-18(24)14-7-9-22(10-8-14)17(23)11-15-5-3-4-6-16(15)25-2/h3-6,12,14H,7-11H2,1-2H3,(H,20,21,24). The lowest BCUT2D eigenvalue weighted by molar-refractivity contribution is -0.133. The van der Waals surface area contributed by atoms with E-state index in [-0.39, 0.29) is 17.7 Å². The number of aryl methyl sites for hydroxylation is 1. The number of nitrogens with one attached hydrogen (secondary N) is 1. The van der Waals surface area contributed by atoms with Crippen LogP contribution < -0.4 is 10.1 Å². The number of thiazole rings is 1. The lowest BCUT2D eigenvalue weighted by Crippen LogP contribution is -2.42. The second kappa shape index (κ2) is 8.31. The van der Waals surface area contributed by atoms with E-state index in [1.54, 1.807) is 7.11 Å². The molecule has 2 heterocycles. The molecule has 1 saturated heterocycles. The number of carbonyl (C=O) groups excluding carboxylic acids is 2. The van der Waals surface area contributed by atoms with Crippen LogP contribution in [0.5, 0.6) is 5.75 Å². The SMILES string of the molecule is COc1ccccc1CC(=O)N1CCC(C(=O)Nc2nc(C)cs2)CC1. The van der Waals surface area contributed by atoms with E-state index in [9.17, 15) is 9.59 Å². The van der Waals surface area contributed by atoms with Crippen LogP contribution in [0.15, 0.2) is 29.6 Å². The van der Waals surface area contributed by atoms with Crippen LogP contribution in [0.1, 0.15) is 24.1 Å². The van der Waals surface area contributed by atoms with E-state index in [0.717, 1.165) is 17.0 Å². The Kier molecular flexibility index (Phi) is 5.88. The molecule has 7 heteroatoms. The predicted molar refractivity (Wildman–Crippen MR) is 101 cm³/mol.